The van der Waals surface area contributed by atoms with E-state index in [1.165, 1.54) is 5.56 Å². The molecule has 0 saturated carbocycles. The first kappa shape index (κ1) is 17.9. The Bertz CT molecular complexity index is 590. The van der Waals surface area contributed by atoms with Crippen LogP contribution in [-0.2, 0) is 16.1 Å². The van der Waals surface area contributed by atoms with Crippen molar-refractivity contribution in [1.29, 1.82) is 0 Å². The number of nitrogens with one attached hydrogen (secondary N) is 1. The van der Waals surface area contributed by atoms with E-state index >= 15 is 0 Å². The Hall–Kier alpha value is -1.88. The van der Waals surface area contributed by atoms with E-state index in [9.17, 15) is 9.59 Å². The summed E-state index contributed by atoms with van der Waals surface area (Å²) < 4.78 is 0. The van der Waals surface area contributed by atoms with E-state index in [0.717, 1.165) is 52.0 Å². The van der Waals surface area contributed by atoms with Gasteiger partial charge in [-0.05, 0) is 24.3 Å². The Kier molecular flexibility index (Phi) is 6.08. The highest BCUT2D eigenvalue weighted by molar-refractivity contribution is 5.88. The van der Waals surface area contributed by atoms with Crippen molar-refractivity contribution in [3.8, 4) is 0 Å². The fraction of sp³-hybridized carbons (Fsp3) is 0.600. The topological polar surface area (TPSA) is 52.7 Å². The van der Waals surface area contributed by atoms with E-state index in [1.807, 2.05) is 11.0 Å². The van der Waals surface area contributed by atoms with E-state index < -0.39 is 0 Å². The molecule has 2 saturated heterocycles. The molecule has 0 radical (unpaired) electrons. The molecule has 0 spiro atoms. The molecular formula is C20H29N3O2. The number of rotatable bonds is 3. The standard InChI is InChI=1S/C20H29N3O2/c1-16-13-22(15-17-7-3-2-4-8-17)11-12-23(14-16)20(25)18-9-5-6-10-19(24)21-18/h2-4,7-8,16,18H,5-6,9-15H2,1H3,(H,21,24)/t16-,18+/m1/s1. The van der Waals surface area contributed by atoms with Gasteiger partial charge in [-0.15, -0.1) is 0 Å². The van der Waals surface area contributed by atoms with E-state index in [0.29, 0.717) is 12.3 Å². The van der Waals surface area contributed by atoms with Gasteiger partial charge in [0.1, 0.15) is 6.04 Å². The van der Waals surface area contributed by atoms with Gasteiger partial charge in [0.25, 0.3) is 0 Å². The molecule has 2 aliphatic heterocycles. The number of amides is 2. The van der Waals surface area contributed by atoms with Crippen molar-refractivity contribution in [2.24, 2.45) is 5.92 Å². The van der Waals surface area contributed by atoms with E-state index in [4.69, 9.17) is 0 Å². The van der Waals surface area contributed by atoms with Crippen LogP contribution in [0.4, 0.5) is 0 Å². The molecule has 2 aliphatic rings. The van der Waals surface area contributed by atoms with Crippen molar-refractivity contribution >= 4 is 11.8 Å². The zero-order valence-electron chi connectivity index (χ0n) is 15.1. The van der Waals surface area contributed by atoms with Crippen molar-refractivity contribution in [3.05, 3.63) is 35.9 Å². The molecular weight excluding hydrogens is 314 g/mol. The minimum absolute atomic E-state index is 0.0180. The fourth-order valence-electron chi connectivity index (χ4n) is 3.88. The maximum Gasteiger partial charge on any atom is 0.245 e. The Morgan fingerprint density at radius 2 is 1.96 bits per heavy atom. The highest BCUT2D eigenvalue weighted by Gasteiger charge is 2.30. The zero-order valence-corrected chi connectivity index (χ0v) is 15.1. The molecule has 5 nitrogen and oxygen atoms in total. The van der Waals surface area contributed by atoms with Crippen LogP contribution in [0.25, 0.3) is 0 Å². The second-order valence-corrected chi connectivity index (χ2v) is 7.48. The molecule has 1 N–H and O–H groups in total. The first-order valence-electron chi connectivity index (χ1n) is 9.46. The second-order valence-electron chi connectivity index (χ2n) is 7.48. The summed E-state index contributed by atoms with van der Waals surface area (Å²) in [4.78, 5) is 29.1. The molecule has 5 heteroatoms. The van der Waals surface area contributed by atoms with Gasteiger partial charge in [0.2, 0.25) is 11.8 Å². The van der Waals surface area contributed by atoms with Crippen LogP contribution in [0, 0.1) is 5.92 Å². The third kappa shape index (κ3) is 5.05. The molecule has 136 valence electrons. The van der Waals surface area contributed by atoms with Crippen LogP contribution >= 0.6 is 0 Å². The Morgan fingerprint density at radius 3 is 2.76 bits per heavy atom. The maximum absolute atomic E-state index is 12.9. The molecule has 0 aromatic heterocycles. The average molecular weight is 343 g/mol. The van der Waals surface area contributed by atoms with E-state index in [-0.39, 0.29) is 17.9 Å². The number of benzene rings is 1. The van der Waals surface area contributed by atoms with Gasteiger partial charge in [0.05, 0.1) is 0 Å². The number of hydrogen-bond donors (Lipinski definition) is 1. The van der Waals surface area contributed by atoms with Crippen molar-refractivity contribution in [2.45, 2.75) is 45.2 Å². The zero-order chi connectivity index (χ0) is 17.6. The van der Waals surface area contributed by atoms with Gasteiger partial charge in [-0.1, -0.05) is 43.7 Å². The van der Waals surface area contributed by atoms with Crippen LogP contribution in [0.5, 0.6) is 0 Å². The van der Waals surface area contributed by atoms with Crippen molar-refractivity contribution in [2.75, 3.05) is 26.2 Å². The van der Waals surface area contributed by atoms with Gasteiger partial charge in [0, 0.05) is 39.1 Å². The number of carbonyl (C=O) groups excluding carboxylic acids is 2. The first-order valence-corrected chi connectivity index (χ1v) is 9.46. The molecule has 2 heterocycles. The molecule has 0 bridgehead atoms. The number of nitrogens with zero attached hydrogens (tertiary/aromatic N) is 2. The van der Waals surface area contributed by atoms with E-state index in [2.05, 4.69) is 41.4 Å². The monoisotopic (exact) mass is 343 g/mol. The van der Waals surface area contributed by atoms with Crippen molar-refractivity contribution < 1.29 is 9.59 Å². The largest absolute Gasteiger partial charge is 0.344 e. The van der Waals surface area contributed by atoms with Crippen LogP contribution in [0.15, 0.2) is 30.3 Å². The lowest BCUT2D eigenvalue weighted by Gasteiger charge is -2.27. The van der Waals surface area contributed by atoms with Crippen LogP contribution in [-0.4, -0.2) is 53.8 Å². The van der Waals surface area contributed by atoms with Crippen LogP contribution < -0.4 is 5.32 Å². The lowest BCUT2D eigenvalue weighted by molar-refractivity contribution is -0.136. The summed E-state index contributed by atoms with van der Waals surface area (Å²) in [5, 5.41) is 2.92. The summed E-state index contributed by atoms with van der Waals surface area (Å²) in [5.74, 6) is 0.546. The summed E-state index contributed by atoms with van der Waals surface area (Å²) in [7, 11) is 0. The van der Waals surface area contributed by atoms with Gasteiger partial charge in [-0.2, -0.15) is 0 Å². The molecule has 3 rings (SSSR count). The lowest BCUT2D eigenvalue weighted by atomic mass is 10.1. The summed E-state index contributed by atoms with van der Waals surface area (Å²) in [6.07, 6.45) is 3.14. The second kappa shape index (κ2) is 8.48. The third-order valence-electron chi connectivity index (χ3n) is 5.13. The minimum Gasteiger partial charge on any atom is -0.344 e. The van der Waals surface area contributed by atoms with Crippen molar-refractivity contribution in [1.82, 2.24) is 15.1 Å². The van der Waals surface area contributed by atoms with Gasteiger partial charge in [-0.3, -0.25) is 14.5 Å². The van der Waals surface area contributed by atoms with Crippen molar-refractivity contribution in [3.63, 3.8) is 0 Å². The van der Waals surface area contributed by atoms with Crippen LogP contribution in [0.3, 0.4) is 0 Å². The third-order valence-corrected chi connectivity index (χ3v) is 5.13. The highest BCUT2D eigenvalue weighted by atomic mass is 16.2. The smallest absolute Gasteiger partial charge is 0.245 e. The predicted molar refractivity (Wildman–Crippen MR) is 97.9 cm³/mol. The highest BCUT2D eigenvalue weighted by Crippen LogP contribution is 2.16. The van der Waals surface area contributed by atoms with Gasteiger partial charge >= 0.3 is 0 Å². The molecule has 2 atom stereocenters. The SMILES string of the molecule is C[C@@H]1CN(Cc2ccccc2)CCN(C(=O)[C@@H]2CCCCC(=O)N2)C1. The normalized spacial score (nSPS) is 25.8. The summed E-state index contributed by atoms with van der Waals surface area (Å²) >= 11 is 0. The molecule has 2 fully saturated rings. The Labute approximate surface area is 150 Å². The molecule has 1 aromatic carbocycles. The van der Waals surface area contributed by atoms with Gasteiger partial charge in [-0.25, -0.2) is 0 Å². The Morgan fingerprint density at radius 1 is 1.16 bits per heavy atom. The summed E-state index contributed by atoms with van der Waals surface area (Å²) in [5.41, 5.74) is 1.31. The predicted octanol–water partition coefficient (Wildman–Crippen LogP) is 2.03. The molecule has 0 aliphatic carbocycles. The molecule has 2 amide bonds. The maximum atomic E-state index is 12.9. The van der Waals surface area contributed by atoms with E-state index in [1.54, 1.807) is 0 Å². The van der Waals surface area contributed by atoms with Gasteiger partial charge < -0.3 is 10.2 Å². The fourth-order valence-corrected chi connectivity index (χ4v) is 3.88. The minimum atomic E-state index is -0.331. The van der Waals surface area contributed by atoms with Crippen LogP contribution in [0.1, 0.15) is 38.2 Å². The first-order chi connectivity index (χ1) is 12.1. The quantitative estimate of drug-likeness (QED) is 0.914. The van der Waals surface area contributed by atoms with Crippen LogP contribution in [0.2, 0.25) is 0 Å². The lowest BCUT2D eigenvalue weighted by Crippen LogP contribution is -2.49. The summed E-state index contributed by atoms with van der Waals surface area (Å²) in [6.45, 7) is 6.52. The molecule has 0 unspecified atom stereocenters. The number of carbonyl (C=O) groups is 2. The Balaban J connectivity index is 1.60. The average Bonchev–Trinajstić information content (AvgIpc) is 2.93. The molecule has 1 aromatic rings. The number of hydrogen-bond acceptors (Lipinski definition) is 3. The van der Waals surface area contributed by atoms with Gasteiger partial charge in [0.15, 0.2) is 0 Å². The molecule has 25 heavy (non-hydrogen) atoms. The summed E-state index contributed by atoms with van der Waals surface area (Å²) in [6, 6.07) is 10.2.